The monoisotopic (exact) mass is 964 g/mol. The van der Waals surface area contributed by atoms with E-state index in [0.29, 0.717) is 18.5 Å². The smallest absolute Gasteiger partial charge is 0.793 e. The average molecular weight is 964 g/mol. The number of aldehydes is 1. The molecule has 0 amide bonds. The van der Waals surface area contributed by atoms with Gasteiger partial charge in [0.15, 0.2) is 34.0 Å². The Morgan fingerprint density at radius 3 is 1.59 bits per heavy atom. The summed E-state index contributed by atoms with van der Waals surface area (Å²) in [7, 11) is 8.31. The zero-order chi connectivity index (χ0) is 49.9. The van der Waals surface area contributed by atoms with E-state index in [1.165, 1.54) is 13.3 Å². The molecule has 3 radical (unpaired) electrons. The van der Waals surface area contributed by atoms with Crippen LogP contribution in [0.4, 0.5) is 11.6 Å². The minimum Gasteiger partial charge on any atom is -0.793 e. The van der Waals surface area contributed by atoms with Gasteiger partial charge in [0.2, 0.25) is 5.97 Å². The van der Waals surface area contributed by atoms with E-state index in [-0.39, 0.29) is 29.6 Å². The fraction of sp³-hybridized carbons (Fsp3) is 0.545. The van der Waals surface area contributed by atoms with Crippen LogP contribution in [0, 0.1) is 13.8 Å². The van der Waals surface area contributed by atoms with Crippen molar-refractivity contribution in [3.8, 4) is 22.8 Å². The zero-order valence-electron chi connectivity index (χ0n) is 42.1. The van der Waals surface area contributed by atoms with E-state index in [4.69, 9.17) is 9.97 Å². The van der Waals surface area contributed by atoms with Gasteiger partial charge in [-0.05, 0) is 60.0 Å². The van der Waals surface area contributed by atoms with Gasteiger partial charge in [0.1, 0.15) is 30.6 Å². The maximum atomic E-state index is 9.85. The van der Waals surface area contributed by atoms with E-state index in [2.05, 4.69) is 108 Å². The third-order valence-electron chi connectivity index (χ3n) is 10.8. The number of hydrogen-bond donors (Lipinski definition) is 3. The van der Waals surface area contributed by atoms with Crippen LogP contribution in [0.3, 0.4) is 0 Å². The van der Waals surface area contributed by atoms with Crippen molar-refractivity contribution in [2.75, 3.05) is 43.4 Å². The first-order valence-corrected chi connectivity index (χ1v) is 22.6. The number of rotatable bonds is 11. The Morgan fingerprint density at radius 1 is 0.768 bits per heavy atom. The molecule has 0 spiro atoms. The fourth-order valence-corrected chi connectivity index (χ4v) is 7.41. The maximum absolute atomic E-state index is 9.85. The normalized spacial score (nSPS) is 14.9. The zero-order valence-corrected chi connectivity index (χ0v) is 44.1. The van der Waals surface area contributed by atoms with Gasteiger partial charge in [0, 0.05) is 97.5 Å². The van der Waals surface area contributed by atoms with Crippen molar-refractivity contribution in [3.05, 3.63) is 36.4 Å². The van der Waals surface area contributed by atoms with Crippen LogP contribution in [0.15, 0.2) is 25.0 Å². The van der Waals surface area contributed by atoms with Crippen LogP contribution in [0.5, 0.6) is 0 Å². The predicted molar refractivity (Wildman–Crippen MR) is 257 cm³/mol. The SMILES string of the molecule is CC(=O)OOC(C)=O.CCC=O.CCCN1CC[C@H](Nc2ncnc3c2nc(-c2cnn(CC)c2C)n3C)C1.CCn1ncc(-c2nc3c(N[C@H]4CCNC4)ncnc3n2C)c1C.[B-]OC(C)=O.[Na+]. The molecule has 0 aromatic carbocycles. The van der Waals surface area contributed by atoms with Gasteiger partial charge in [-0.15, -0.1) is 0 Å². The van der Waals surface area contributed by atoms with E-state index in [9.17, 15) is 19.2 Å². The molecule has 6 aromatic rings. The number of carbonyl (C=O) groups excluding carboxylic acids is 4. The van der Waals surface area contributed by atoms with Crippen LogP contribution in [0.25, 0.3) is 45.1 Å². The number of imidazole rings is 2. The van der Waals surface area contributed by atoms with Crippen molar-refractivity contribution < 1.29 is 63.2 Å². The van der Waals surface area contributed by atoms with E-state index in [1.807, 2.05) is 51.9 Å². The molecule has 0 saturated carbocycles. The number of nitrogens with one attached hydrogen (secondary N) is 3. The summed E-state index contributed by atoms with van der Waals surface area (Å²) < 4.78 is 11.6. The van der Waals surface area contributed by atoms with Crippen LogP contribution in [-0.2, 0) is 60.8 Å². The second kappa shape index (κ2) is 28.6. The summed E-state index contributed by atoms with van der Waals surface area (Å²) in [5.74, 6) is 1.63. The molecule has 2 atom stereocenters. The van der Waals surface area contributed by atoms with Crippen molar-refractivity contribution in [1.82, 2.24) is 68.8 Å². The molecule has 8 rings (SSSR count). The molecule has 0 unspecified atom stereocenters. The predicted octanol–water partition coefficient (Wildman–Crippen LogP) is 1.04. The molecule has 8 heterocycles. The number of likely N-dealkylation sites (tertiary alicyclic amines) is 1. The fourth-order valence-electron chi connectivity index (χ4n) is 7.41. The Kier molecular flexibility index (Phi) is 23.9. The number of fused-ring (bicyclic) bond motifs is 2. The van der Waals surface area contributed by atoms with Gasteiger partial charge in [-0.2, -0.15) is 10.2 Å². The third kappa shape index (κ3) is 15.9. The molecule has 23 nitrogen and oxygen atoms in total. The molecule has 2 aliphatic rings. The third-order valence-corrected chi connectivity index (χ3v) is 10.8. The van der Waals surface area contributed by atoms with E-state index in [1.54, 1.807) is 12.7 Å². The van der Waals surface area contributed by atoms with Crippen molar-refractivity contribution in [2.45, 2.75) is 113 Å². The Balaban J connectivity index is 0.000000273. The maximum Gasteiger partial charge on any atom is 1.00 e. The van der Waals surface area contributed by atoms with Crippen LogP contribution in [-0.4, -0.2) is 141 Å². The minimum atomic E-state index is -0.639. The van der Waals surface area contributed by atoms with Gasteiger partial charge in [0.05, 0.1) is 23.5 Å². The number of anilines is 2. The molecule has 2 fully saturated rings. The number of nitrogens with zero attached hydrogens (tertiary/aromatic N) is 13. The summed E-state index contributed by atoms with van der Waals surface area (Å²) in [5, 5.41) is 19.3. The van der Waals surface area contributed by atoms with Crippen molar-refractivity contribution in [1.29, 1.82) is 0 Å². The second-order valence-electron chi connectivity index (χ2n) is 15.8. The van der Waals surface area contributed by atoms with Gasteiger partial charge in [0.25, 0.3) is 0 Å². The molecular formula is C44H65BN16NaO7. The first-order chi connectivity index (χ1) is 32.6. The van der Waals surface area contributed by atoms with Crippen molar-refractivity contribution in [3.63, 3.8) is 0 Å². The average Bonchev–Trinajstić information content (AvgIpc) is 4.21. The molecule has 0 aliphatic carbocycles. The Morgan fingerprint density at radius 2 is 1.23 bits per heavy atom. The second-order valence-corrected chi connectivity index (χ2v) is 15.8. The molecule has 3 N–H and O–H groups in total. The van der Waals surface area contributed by atoms with Gasteiger partial charge < -0.3 is 47.5 Å². The molecule has 2 saturated heterocycles. The van der Waals surface area contributed by atoms with Crippen molar-refractivity contribution in [2.24, 2.45) is 14.1 Å². The number of aromatic nitrogens is 12. The quantitative estimate of drug-likeness (QED) is 0.0709. The number of aryl methyl sites for hydroxylation is 4. The number of carbonyl (C=O) groups is 4. The Hall–Kier alpha value is -5.82. The summed E-state index contributed by atoms with van der Waals surface area (Å²) in [6, 6.07) is 0.794. The van der Waals surface area contributed by atoms with Crippen LogP contribution < -0.4 is 45.5 Å². The molecule has 6 aromatic heterocycles. The summed E-state index contributed by atoms with van der Waals surface area (Å²) in [6.45, 7) is 22.9. The van der Waals surface area contributed by atoms with E-state index in [0.717, 1.165) is 147 Å². The standard InChI is InChI=1S/C19H28N8.C16H22N8.C4H6O4.C3H6O.C2H3BO2.Na/c1-5-8-26-9-7-14(11-26)23-17-16-19(21-12-20-17)25(4)18(24-16)15-10-22-27(6-2)13(15)3;1-4-24-10(2)12(8-20-24)15-22-13-14(21-11-5-6-17-7-11)18-9-19-16(13)23(15)3;1-3(5)7-8-4(2)6;1-2-3-4;1-2(4)5-3;/h10,12,14H,5-9,11H2,1-4H3,(H,20,21,23);8-9,11,17H,4-7H2,1-3H3,(H,18,19,21);1-2H3;3H,2H2,1H3;1H3;/q;;;;-1;+1/t14-;11-;;;;/m00..../s1. The topological polar surface area (TPSA) is 258 Å². The van der Waals surface area contributed by atoms with Gasteiger partial charge in [-0.1, -0.05) is 13.8 Å². The summed E-state index contributed by atoms with van der Waals surface area (Å²) in [5.41, 5.74) is 7.61. The van der Waals surface area contributed by atoms with E-state index >= 15 is 0 Å². The molecule has 2 aliphatic heterocycles. The van der Waals surface area contributed by atoms with Crippen molar-refractivity contribution >= 4 is 66.2 Å². The van der Waals surface area contributed by atoms with Crippen LogP contribution in [0.1, 0.15) is 85.5 Å². The summed E-state index contributed by atoms with van der Waals surface area (Å²) in [4.78, 5) is 76.0. The van der Waals surface area contributed by atoms with Crippen LogP contribution >= 0.6 is 0 Å². The Labute approximate surface area is 425 Å². The molecular weight excluding hydrogens is 898 g/mol. The molecule has 25 heteroatoms. The first kappa shape index (κ1) is 57.5. The van der Waals surface area contributed by atoms with Gasteiger partial charge in [-0.3, -0.25) is 14.2 Å². The Bertz CT molecular complexity index is 2580. The van der Waals surface area contributed by atoms with Gasteiger partial charge in [-0.25, -0.2) is 49.3 Å². The van der Waals surface area contributed by atoms with E-state index < -0.39 is 17.9 Å². The summed E-state index contributed by atoms with van der Waals surface area (Å²) in [6.07, 6.45) is 11.9. The molecule has 0 bridgehead atoms. The minimum absolute atomic E-state index is 0. The molecule has 69 heavy (non-hydrogen) atoms. The first-order valence-electron chi connectivity index (χ1n) is 22.6. The van der Waals surface area contributed by atoms with Gasteiger partial charge >= 0.3 is 41.5 Å². The van der Waals surface area contributed by atoms with Crippen LogP contribution in [0.2, 0.25) is 0 Å². The largest absolute Gasteiger partial charge is 1.00 e. The molecule has 367 valence electrons. The summed E-state index contributed by atoms with van der Waals surface area (Å²) >= 11 is 0. The number of hydrogen-bond acceptors (Lipinski definition) is 19.